The van der Waals surface area contributed by atoms with Gasteiger partial charge in [0.1, 0.15) is 0 Å². The van der Waals surface area contributed by atoms with Crippen LogP contribution in [0.2, 0.25) is 0 Å². The minimum atomic E-state index is -0.539. The fraction of sp³-hybridized carbons (Fsp3) is 0.0270. The molecule has 0 unspecified atom stereocenters. The first-order valence-electron chi connectivity index (χ1n) is 26.6. The Kier molecular flexibility index (Phi) is 8.44. The van der Waals surface area contributed by atoms with E-state index in [2.05, 4.69) is 289 Å². The summed E-state index contributed by atoms with van der Waals surface area (Å²) in [7, 11) is 0. The van der Waals surface area contributed by atoms with Gasteiger partial charge in [-0.05, 0) is 143 Å². The van der Waals surface area contributed by atoms with Crippen molar-refractivity contribution in [3.8, 4) is 61.3 Å². The van der Waals surface area contributed by atoms with Crippen LogP contribution in [-0.2, 0) is 10.8 Å². The van der Waals surface area contributed by atoms with E-state index in [1.807, 2.05) is 0 Å². The van der Waals surface area contributed by atoms with E-state index in [1.54, 1.807) is 0 Å². The molecule has 352 valence electrons. The molecule has 0 N–H and O–H groups in total. The minimum Gasteiger partial charge on any atom is -0.310 e. The summed E-state index contributed by atoms with van der Waals surface area (Å²) in [6.45, 7) is 0. The first-order valence-corrected chi connectivity index (χ1v) is 26.6. The lowest BCUT2D eigenvalue weighted by Gasteiger charge is -2.40. The standard InChI is InChI=1S/C74H46N2/c1-2-17-47(18-3-1)48-33-35-49(36-34-48)50-37-39-51(40-38-50)75(52-41-43-59-58-23-8-12-28-64(58)73(69(59)45-52)62-26-10-4-19-54(62)55-20-5-11-27-63(55)73)53-42-44-67-71(46-53)76-70-32-15-9-24-60(70)61-25-16-31-68(72(61)76)74(67)65-29-13-6-21-56(65)57-22-7-14-30-66(57)74/h1-46H. The van der Waals surface area contributed by atoms with Crippen molar-refractivity contribution >= 4 is 38.9 Å². The number of benzene rings is 12. The normalized spacial score (nSPS) is 14.0. The first kappa shape index (κ1) is 41.7. The lowest BCUT2D eigenvalue weighted by Crippen LogP contribution is -2.33. The fourth-order valence-corrected chi connectivity index (χ4v) is 14.7. The zero-order valence-electron chi connectivity index (χ0n) is 41.5. The molecule has 2 heterocycles. The number of hydrogen-bond acceptors (Lipinski definition) is 1. The predicted octanol–water partition coefficient (Wildman–Crippen LogP) is 18.6. The molecule has 76 heavy (non-hydrogen) atoms. The SMILES string of the molecule is c1ccc(-c2ccc(-c3ccc(N(c4ccc5c(c4)-n4c6ccccc6c6cccc(c64)C54c5ccccc5-c5ccccc54)c4ccc5c(c4)C4(c6ccccc6-c6ccccc64)c4ccccc4-5)cc3)cc2)cc1. The maximum atomic E-state index is 2.58. The Hall–Kier alpha value is -9.76. The summed E-state index contributed by atoms with van der Waals surface area (Å²) < 4.78 is 2.58. The third kappa shape index (κ3) is 5.30. The highest BCUT2D eigenvalue weighted by atomic mass is 15.1. The number of rotatable bonds is 5. The molecule has 2 heteroatoms. The highest BCUT2D eigenvalue weighted by molar-refractivity contribution is 6.13. The number of fused-ring (bicyclic) bond motifs is 22. The van der Waals surface area contributed by atoms with Gasteiger partial charge < -0.3 is 9.47 Å². The van der Waals surface area contributed by atoms with E-state index in [0.29, 0.717) is 0 Å². The number of anilines is 3. The topological polar surface area (TPSA) is 8.17 Å². The van der Waals surface area contributed by atoms with Gasteiger partial charge in [-0.1, -0.05) is 237 Å². The van der Waals surface area contributed by atoms with Gasteiger partial charge in [-0.3, -0.25) is 0 Å². The van der Waals surface area contributed by atoms with Crippen LogP contribution in [0.25, 0.3) is 83.1 Å². The second kappa shape index (κ2) is 15.4. The van der Waals surface area contributed by atoms with Crippen molar-refractivity contribution in [3.05, 3.63) is 324 Å². The molecule has 0 saturated carbocycles. The van der Waals surface area contributed by atoms with E-state index in [4.69, 9.17) is 0 Å². The predicted molar refractivity (Wildman–Crippen MR) is 313 cm³/mol. The summed E-state index contributed by atoms with van der Waals surface area (Å²) in [4.78, 5) is 2.51. The molecule has 0 atom stereocenters. The highest BCUT2D eigenvalue weighted by Gasteiger charge is 2.53. The summed E-state index contributed by atoms with van der Waals surface area (Å²) in [5, 5.41) is 2.53. The van der Waals surface area contributed by atoms with Gasteiger partial charge in [-0.2, -0.15) is 0 Å². The van der Waals surface area contributed by atoms with Gasteiger partial charge in [0.15, 0.2) is 0 Å². The molecule has 17 rings (SSSR count). The Morgan fingerprint density at radius 3 is 1.21 bits per heavy atom. The summed E-state index contributed by atoms with van der Waals surface area (Å²) >= 11 is 0. The zero-order valence-corrected chi connectivity index (χ0v) is 41.5. The molecule has 3 aliphatic carbocycles. The molecule has 0 amide bonds. The van der Waals surface area contributed by atoms with Gasteiger partial charge in [-0.25, -0.2) is 0 Å². The minimum absolute atomic E-state index is 0.485. The van der Waals surface area contributed by atoms with Crippen LogP contribution >= 0.6 is 0 Å². The van der Waals surface area contributed by atoms with E-state index in [9.17, 15) is 0 Å². The Morgan fingerprint density at radius 2 is 0.645 bits per heavy atom. The Balaban J connectivity index is 0.922. The van der Waals surface area contributed by atoms with E-state index in [-0.39, 0.29) is 0 Å². The second-order valence-electron chi connectivity index (χ2n) is 21.0. The zero-order chi connectivity index (χ0) is 49.7. The molecule has 2 spiro atoms. The number of nitrogens with zero attached hydrogens (tertiary/aromatic N) is 2. The fourth-order valence-electron chi connectivity index (χ4n) is 14.7. The van der Waals surface area contributed by atoms with Gasteiger partial charge >= 0.3 is 0 Å². The lowest BCUT2D eigenvalue weighted by molar-refractivity contribution is 0.748. The highest BCUT2D eigenvalue weighted by Crippen LogP contribution is 2.65. The van der Waals surface area contributed by atoms with Gasteiger partial charge in [0.25, 0.3) is 0 Å². The first-order chi connectivity index (χ1) is 37.7. The molecule has 1 aliphatic heterocycles. The smallest absolute Gasteiger partial charge is 0.0754 e. The molecule has 0 radical (unpaired) electrons. The van der Waals surface area contributed by atoms with Crippen molar-refractivity contribution in [2.45, 2.75) is 10.8 Å². The van der Waals surface area contributed by atoms with Gasteiger partial charge in [0.05, 0.1) is 27.6 Å². The molecule has 2 nitrogen and oxygen atoms in total. The Labute approximate surface area is 441 Å². The van der Waals surface area contributed by atoms with Crippen molar-refractivity contribution in [3.63, 3.8) is 0 Å². The maximum Gasteiger partial charge on any atom is 0.0754 e. The van der Waals surface area contributed by atoms with Crippen LogP contribution in [0.15, 0.2) is 279 Å². The van der Waals surface area contributed by atoms with Crippen molar-refractivity contribution in [1.82, 2.24) is 4.57 Å². The summed E-state index contributed by atoms with van der Waals surface area (Å²) in [6, 6.07) is 105. The summed E-state index contributed by atoms with van der Waals surface area (Å²) in [5.41, 5.74) is 29.1. The van der Waals surface area contributed by atoms with Crippen LogP contribution < -0.4 is 4.90 Å². The largest absolute Gasteiger partial charge is 0.310 e. The van der Waals surface area contributed by atoms with Crippen LogP contribution in [-0.4, -0.2) is 4.57 Å². The van der Waals surface area contributed by atoms with Gasteiger partial charge in [0, 0.05) is 27.8 Å². The Bertz CT molecular complexity index is 4470. The van der Waals surface area contributed by atoms with Crippen LogP contribution in [0.5, 0.6) is 0 Å². The van der Waals surface area contributed by atoms with Crippen LogP contribution in [0, 0.1) is 0 Å². The molecule has 13 aromatic rings. The average molecular weight is 963 g/mol. The maximum absolute atomic E-state index is 2.58. The molecule has 4 aliphatic rings. The van der Waals surface area contributed by atoms with Crippen molar-refractivity contribution in [2.24, 2.45) is 0 Å². The second-order valence-corrected chi connectivity index (χ2v) is 21.0. The van der Waals surface area contributed by atoms with E-state index in [0.717, 1.165) is 17.1 Å². The quantitative estimate of drug-likeness (QED) is 0.167. The molecular weight excluding hydrogens is 917 g/mol. The molecule has 0 bridgehead atoms. The third-order valence-electron chi connectivity index (χ3n) is 17.6. The number of para-hydroxylation sites is 2. The number of hydrogen-bond donors (Lipinski definition) is 0. The van der Waals surface area contributed by atoms with Crippen molar-refractivity contribution in [2.75, 3.05) is 4.90 Å². The molecular formula is C74H46N2. The van der Waals surface area contributed by atoms with Gasteiger partial charge in [0.2, 0.25) is 0 Å². The number of aromatic nitrogens is 1. The van der Waals surface area contributed by atoms with Gasteiger partial charge in [-0.15, -0.1) is 0 Å². The lowest BCUT2D eigenvalue weighted by atomic mass is 9.65. The van der Waals surface area contributed by atoms with E-state index < -0.39 is 10.8 Å². The summed E-state index contributed by atoms with van der Waals surface area (Å²) in [6.07, 6.45) is 0. The molecule has 0 saturated heterocycles. The van der Waals surface area contributed by atoms with Crippen LogP contribution in [0.3, 0.4) is 0 Å². The Morgan fingerprint density at radius 1 is 0.250 bits per heavy atom. The molecule has 0 fully saturated rings. The average Bonchev–Trinajstić information content (AvgIpc) is 3.62. The molecule has 12 aromatic carbocycles. The van der Waals surface area contributed by atoms with E-state index >= 15 is 0 Å². The van der Waals surface area contributed by atoms with Crippen molar-refractivity contribution < 1.29 is 0 Å². The van der Waals surface area contributed by atoms with E-state index in [1.165, 1.54) is 128 Å². The van der Waals surface area contributed by atoms with Crippen LogP contribution in [0.4, 0.5) is 17.1 Å². The third-order valence-corrected chi connectivity index (χ3v) is 17.6. The summed E-state index contributed by atoms with van der Waals surface area (Å²) in [5.74, 6) is 0. The molecule has 1 aromatic heterocycles. The monoisotopic (exact) mass is 962 g/mol. The van der Waals surface area contributed by atoms with Crippen molar-refractivity contribution in [1.29, 1.82) is 0 Å². The van der Waals surface area contributed by atoms with Crippen LogP contribution in [0.1, 0.15) is 44.5 Å².